The van der Waals surface area contributed by atoms with Crippen molar-refractivity contribution in [3.63, 3.8) is 0 Å². The Kier molecular flexibility index (Phi) is 6.65. The third kappa shape index (κ3) is 5.70. The van der Waals surface area contributed by atoms with Crippen LogP contribution in [0.4, 0.5) is 8.78 Å². The Morgan fingerprint density at radius 2 is 1.90 bits per heavy atom. The summed E-state index contributed by atoms with van der Waals surface area (Å²) in [5, 5.41) is 3.15. The summed E-state index contributed by atoms with van der Waals surface area (Å²) in [6.07, 6.45) is 0.580. The molecule has 1 N–H and O–H groups in total. The first-order chi connectivity index (χ1) is 9.40. The van der Waals surface area contributed by atoms with Crippen molar-refractivity contribution in [2.24, 2.45) is 5.92 Å². The van der Waals surface area contributed by atoms with Crippen molar-refractivity contribution in [1.82, 2.24) is 5.32 Å². The maximum Gasteiger partial charge on any atom is 0.190 e. The lowest BCUT2D eigenvalue weighted by molar-refractivity contribution is 0.288. The van der Waals surface area contributed by atoms with Crippen LogP contribution in [0.15, 0.2) is 24.3 Å². The van der Waals surface area contributed by atoms with Crippen LogP contribution in [0.1, 0.15) is 32.8 Å². The molecule has 4 heteroatoms. The van der Waals surface area contributed by atoms with E-state index in [4.69, 9.17) is 4.74 Å². The molecular formula is C16H23F2NO. The summed E-state index contributed by atoms with van der Waals surface area (Å²) < 4.78 is 32.8. The first-order valence-electron chi connectivity index (χ1n) is 6.86. The van der Waals surface area contributed by atoms with Gasteiger partial charge in [-0.25, -0.2) is 8.78 Å². The molecule has 0 unspecified atom stereocenters. The molecule has 1 aromatic carbocycles. The van der Waals surface area contributed by atoms with E-state index in [2.05, 4.69) is 25.7 Å². The highest BCUT2D eigenvalue weighted by atomic mass is 19.1. The zero-order chi connectivity index (χ0) is 15.1. The van der Waals surface area contributed by atoms with E-state index in [1.165, 1.54) is 12.1 Å². The maximum atomic E-state index is 13.8. The zero-order valence-electron chi connectivity index (χ0n) is 12.4. The van der Waals surface area contributed by atoms with Crippen molar-refractivity contribution in [3.8, 4) is 5.75 Å². The highest BCUT2D eigenvalue weighted by Gasteiger charge is 2.12. The second-order valence-electron chi connectivity index (χ2n) is 5.47. The summed E-state index contributed by atoms with van der Waals surface area (Å²) in [4.78, 5) is 0. The van der Waals surface area contributed by atoms with Crippen LogP contribution in [0, 0.1) is 17.6 Å². The van der Waals surface area contributed by atoms with Crippen molar-refractivity contribution in [3.05, 3.63) is 41.5 Å². The van der Waals surface area contributed by atoms with Gasteiger partial charge < -0.3 is 10.1 Å². The van der Waals surface area contributed by atoms with Gasteiger partial charge in [0.2, 0.25) is 0 Å². The van der Waals surface area contributed by atoms with E-state index in [0.29, 0.717) is 24.4 Å². The first kappa shape index (κ1) is 16.6. The van der Waals surface area contributed by atoms with E-state index < -0.39 is 11.6 Å². The molecule has 0 aliphatic carbocycles. The molecule has 112 valence electrons. The normalized spacial score (nSPS) is 10.9. The Labute approximate surface area is 119 Å². The van der Waals surface area contributed by atoms with Gasteiger partial charge in [0.25, 0.3) is 0 Å². The van der Waals surface area contributed by atoms with Crippen molar-refractivity contribution in [2.75, 3.05) is 13.2 Å². The predicted molar refractivity (Wildman–Crippen MR) is 77.8 cm³/mol. The Morgan fingerprint density at radius 1 is 1.30 bits per heavy atom. The van der Waals surface area contributed by atoms with Crippen molar-refractivity contribution < 1.29 is 13.5 Å². The fourth-order valence-corrected chi connectivity index (χ4v) is 1.68. The Bertz CT molecular complexity index is 435. The number of benzene rings is 1. The van der Waals surface area contributed by atoms with Crippen LogP contribution in [-0.4, -0.2) is 13.2 Å². The van der Waals surface area contributed by atoms with Crippen molar-refractivity contribution >= 4 is 0 Å². The smallest absolute Gasteiger partial charge is 0.190 e. The van der Waals surface area contributed by atoms with Crippen LogP contribution >= 0.6 is 0 Å². The van der Waals surface area contributed by atoms with Gasteiger partial charge in [-0.1, -0.05) is 19.4 Å². The fourth-order valence-electron chi connectivity index (χ4n) is 1.68. The van der Waals surface area contributed by atoms with Crippen LogP contribution in [-0.2, 0) is 6.54 Å². The minimum Gasteiger partial charge on any atom is -0.487 e. The quantitative estimate of drug-likeness (QED) is 0.727. The summed E-state index contributed by atoms with van der Waals surface area (Å²) in [6, 6.07) is 2.62. The van der Waals surface area contributed by atoms with E-state index in [1.54, 1.807) is 0 Å². The summed E-state index contributed by atoms with van der Waals surface area (Å²) in [5.41, 5.74) is 1.49. The number of rotatable bonds is 8. The third-order valence-electron chi connectivity index (χ3n) is 2.72. The summed E-state index contributed by atoms with van der Waals surface area (Å²) in [6.45, 7) is 11.2. The highest BCUT2D eigenvalue weighted by Crippen LogP contribution is 2.23. The molecule has 1 rings (SSSR count). The Balaban J connectivity index is 2.63. The molecule has 1 aromatic rings. The van der Waals surface area contributed by atoms with Crippen molar-refractivity contribution in [2.45, 2.75) is 33.7 Å². The largest absolute Gasteiger partial charge is 0.487 e. The molecule has 0 bridgehead atoms. The molecule has 0 fully saturated rings. The second kappa shape index (κ2) is 8.00. The summed E-state index contributed by atoms with van der Waals surface area (Å²) in [7, 11) is 0. The maximum absolute atomic E-state index is 13.8. The van der Waals surface area contributed by atoms with Crippen LogP contribution < -0.4 is 10.1 Å². The first-order valence-corrected chi connectivity index (χ1v) is 6.86. The molecule has 2 nitrogen and oxygen atoms in total. The second-order valence-corrected chi connectivity index (χ2v) is 5.47. The summed E-state index contributed by atoms with van der Waals surface area (Å²) in [5.74, 6) is -1.13. The van der Waals surface area contributed by atoms with E-state index in [0.717, 1.165) is 12.1 Å². The topological polar surface area (TPSA) is 21.3 Å². The predicted octanol–water partition coefficient (Wildman–Crippen LogP) is 4.06. The van der Waals surface area contributed by atoms with Gasteiger partial charge in [-0.2, -0.15) is 0 Å². The minimum absolute atomic E-state index is 0.230. The molecular weight excluding hydrogens is 260 g/mol. The van der Waals surface area contributed by atoms with Gasteiger partial charge >= 0.3 is 0 Å². The molecule has 0 aliphatic heterocycles. The molecule has 0 saturated carbocycles. The van der Waals surface area contributed by atoms with Crippen LogP contribution in [0.25, 0.3) is 0 Å². The van der Waals surface area contributed by atoms with Gasteiger partial charge in [0.15, 0.2) is 17.4 Å². The number of ether oxygens (including phenoxy) is 1. The molecule has 0 aliphatic rings. The average Bonchev–Trinajstić information content (AvgIpc) is 2.32. The van der Waals surface area contributed by atoms with Crippen LogP contribution in [0.5, 0.6) is 5.75 Å². The Hall–Kier alpha value is -1.42. The fraction of sp³-hybridized carbons (Fsp3) is 0.500. The van der Waals surface area contributed by atoms with Gasteiger partial charge in [0.1, 0.15) is 0 Å². The number of hydrogen-bond acceptors (Lipinski definition) is 2. The lowest BCUT2D eigenvalue weighted by atomic mass is 10.1. The molecule has 0 spiro atoms. The van der Waals surface area contributed by atoms with E-state index >= 15 is 0 Å². The molecule has 0 radical (unpaired) electrons. The van der Waals surface area contributed by atoms with E-state index in [1.807, 2.05) is 6.92 Å². The molecule has 0 aromatic heterocycles. The average molecular weight is 283 g/mol. The van der Waals surface area contributed by atoms with Gasteiger partial charge in [-0.05, 0) is 37.1 Å². The molecule has 0 atom stereocenters. The van der Waals surface area contributed by atoms with Gasteiger partial charge in [-0.3, -0.25) is 0 Å². The zero-order valence-corrected chi connectivity index (χ0v) is 12.4. The molecule has 0 saturated heterocycles. The monoisotopic (exact) mass is 283 g/mol. The number of nitrogens with one attached hydrogen (secondary N) is 1. The molecule has 20 heavy (non-hydrogen) atoms. The summed E-state index contributed by atoms with van der Waals surface area (Å²) >= 11 is 0. The molecule has 0 heterocycles. The van der Waals surface area contributed by atoms with E-state index in [-0.39, 0.29) is 12.4 Å². The lowest BCUT2D eigenvalue weighted by Crippen LogP contribution is -2.19. The number of halogens is 2. The third-order valence-corrected chi connectivity index (χ3v) is 2.72. The Morgan fingerprint density at radius 3 is 2.40 bits per heavy atom. The van der Waals surface area contributed by atoms with Gasteiger partial charge in [-0.15, -0.1) is 6.58 Å². The SMILES string of the molecule is C=C(C)CCOc1c(F)cc(CNCC(C)C)cc1F. The number of hydrogen-bond donors (Lipinski definition) is 1. The van der Waals surface area contributed by atoms with Crippen LogP contribution in [0.2, 0.25) is 0 Å². The van der Waals surface area contributed by atoms with Gasteiger partial charge in [0.05, 0.1) is 6.61 Å². The minimum atomic E-state index is -0.659. The van der Waals surface area contributed by atoms with Gasteiger partial charge in [0, 0.05) is 13.0 Å². The molecule has 0 amide bonds. The highest BCUT2D eigenvalue weighted by molar-refractivity contribution is 5.31. The standard InChI is InChI=1S/C16H23F2NO/c1-11(2)5-6-20-16-14(17)7-13(8-15(16)18)10-19-9-12(3)4/h7-8,12,19H,1,5-6,9-10H2,2-4H3. The van der Waals surface area contributed by atoms with Crippen LogP contribution in [0.3, 0.4) is 0 Å². The van der Waals surface area contributed by atoms with Crippen molar-refractivity contribution in [1.29, 1.82) is 0 Å². The lowest BCUT2D eigenvalue weighted by Gasteiger charge is -2.11. The van der Waals surface area contributed by atoms with E-state index in [9.17, 15) is 8.78 Å².